The van der Waals surface area contributed by atoms with Crippen molar-refractivity contribution in [1.82, 2.24) is 4.98 Å². The average molecular weight is 384 g/mol. The van der Waals surface area contributed by atoms with Crippen LogP contribution in [0, 0.1) is 0 Å². The normalized spacial score (nSPS) is 10.3. The molecule has 1 N–H and O–H groups in total. The molecular formula is C20H20N2O4S. The van der Waals surface area contributed by atoms with Crippen molar-refractivity contribution in [2.24, 2.45) is 0 Å². The smallest absolute Gasteiger partial charge is 0.264 e. The molecule has 3 rings (SSSR count). The third-order valence-corrected chi connectivity index (χ3v) is 4.68. The topological polar surface area (TPSA) is 69.7 Å². The van der Waals surface area contributed by atoms with Crippen LogP contribution in [0.3, 0.4) is 0 Å². The lowest BCUT2D eigenvalue weighted by molar-refractivity contribution is -0.118. The van der Waals surface area contributed by atoms with E-state index in [9.17, 15) is 4.79 Å². The molecule has 0 atom stereocenters. The summed E-state index contributed by atoms with van der Waals surface area (Å²) in [6.45, 7) is -0.0836. The molecule has 1 aromatic heterocycles. The summed E-state index contributed by atoms with van der Waals surface area (Å²) in [5.41, 5.74) is 1.15. The first-order valence-electron chi connectivity index (χ1n) is 8.30. The highest BCUT2D eigenvalue weighted by Gasteiger charge is 2.08. The lowest BCUT2D eigenvalue weighted by atomic mass is 10.1. The molecule has 27 heavy (non-hydrogen) atoms. The molecule has 0 unspecified atom stereocenters. The highest BCUT2D eigenvalue weighted by molar-refractivity contribution is 7.15. The molecule has 0 saturated heterocycles. The van der Waals surface area contributed by atoms with Crippen molar-refractivity contribution in [1.29, 1.82) is 0 Å². The van der Waals surface area contributed by atoms with E-state index in [1.807, 2.05) is 24.3 Å². The molecule has 1 heterocycles. The summed E-state index contributed by atoms with van der Waals surface area (Å²) >= 11 is 1.45. The number of ether oxygens (including phenoxy) is 3. The van der Waals surface area contributed by atoms with E-state index in [0.717, 1.165) is 28.4 Å². The second-order valence-electron chi connectivity index (χ2n) is 5.67. The number of anilines is 1. The Kier molecular flexibility index (Phi) is 6.27. The maximum Gasteiger partial charge on any atom is 0.264 e. The summed E-state index contributed by atoms with van der Waals surface area (Å²) in [7, 11) is 3.24. The van der Waals surface area contributed by atoms with Crippen LogP contribution in [-0.4, -0.2) is 31.7 Å². The van der Waals surface area contributed by atoms with Crippen molar-refractivity contribution in [2.75, 3.05) is 26.1 Å². The molecule has 0 aliphatic heterocycles. The maximum absolute atomic E-state index is 12.0. The Bertz CT molecular complexity index is 876. The van der Waals surface area contributed by atoms with Crippen LogP contribution in [0.4, 0.5) is 5.13 Å². The number of carbonyl (C=O) groups excluding carboxylic acids is 1. The lowest BCUT2D eigenvalue weighted by Crippen LogP contribution is -2.19. The van der Waals surface area contributed by atoms with Crippen LogP contribution in [0.1, 0.15) is 10.4 Å². The van der Waals surface area contributed by atoms with Crippen molar-refractivity contribution in [3.63, 3.8) is 0 Å². The van der Waals surface area contributed by atoms with Gasteiger partial charge in [-0.1, -0.05) is 12.1 Å². The van der Waals surface area contributed by atoms with E-state index in [1.54, 1.807) is 44.7 Å². The predicted octanol–water partition coefficient (Wildman–Crippen LogP) is 3.77. The summed E-state index contributed by atoms with van der Waals surface area (Å²) in [4.78, 5) is 17.4. The lowest BCUT2D eigenvalue weighted by Gasteiger charge is -2.06. The van der Waals surface area contributed by atoms with E-state index in [0.29, 0.717) is 10.9 Å². The number of nitrogens with one attached hydrogen (secondary N) is 1. The molecule has 6 nitrogen and oxygen atoms in total. The van der Waals surface area contributed by atoms with Gasteiger partial charge in [-0.05, 0) is 42.0 Å². The van der Waals surface area contributed by atoms with Crippen LogP contribution in [0.5, 0.6) is 17.2 Å². The van der Waals surface area contributed by atoms with Crippen LogP contribution in [0.2, 0.25) is 0 Å². The largest absolute Gasteiger partial charge is 0.497 e. The first-order valence-corrected chi connectivity index (χ1v) is 9.12. The molecule has 0 radical (unpaired) electrons. The molecule has 3 aromatic rings. The van der Waals surface area contributed by atoms with E-state index in [-0.39, 0.29) is 12.5 Å². The maximum atomic E-state index is 12.0. The second kappa shape index (κ2) is 9.05. The third kappa shape index (κ3) is 5.46. The van der Waals surface area contributed by atoms with E-state index in [1.165, 1.54) is 11.3 Å². The van der Waals surface area contributed by atoms with Gasteiger partial charge in [-0.3, -0.25) is 10.1 Å². The van der Waals surface area contributed by atoms with Crippen molar-refractivity contribution in [3.8, 4) is 17.2 Å². The standard InChI is InChI=1S/C20H20N2O4S/c1-24-15-5-3-14(4-6-15)11-18-12-21-20(27-18)22-19(23)13-26-17-9-7-16(25-2)8-10-17/h3-10,12H,11,13H2,1-2H3,(H,21,22,23). The zero-order valence-corrected chi connectivity index (χ0v) is 15.9. The molecular weight excluding hydrogens is 364 g/mol. The molecule has 0 fully saturated rings. The van der Waals surface area contributed by atoms with Crippen molar-refractivity contribution in [3.05, 3.63) is 65.2 Å². The number of nitrogens with zero attached hydrogens (tertiary/aromatic N) is 1. The number of hydrogen-bond donors (Lipinski definition) is 1. The Morgan fingerprint density at radius 3 is 2.19 bits per heavy atom. The summed E-state index contributed by atoms with van der Waals surface area (Å²) < 4.78 is 15.7. The van der Waals surface area contributed by atoms with Crippen LogP contribution in [0.15, 0.2) is 54.7 Å². The second-order valence-corrected chi connectivity index (χ2v) is 6.78. The van der Waals surface area contributed by atoms with Crippen LogP contribution < -0.4 is 19.5 Å². The monoisotopic (exact) mass is 384 g/mol. The molecule has 140 valence electrons. The third-order valence-electron chi connectivity index (χ3n) is 3.77. The molecule has 0 saturated carbocycles. The van der Waals surface area contributed by atoms with Gasteiger partial charge >= 0.3 is 0 Å². The quantitative estimate of drug-likeness (QED) is 0.640. The summed E-state index contributed by atoms with van der Waals surface area (Å²) in [6, 6.07) is 14.9. The number of rotatable bonds is 8. The van der Waals surface area contributed by atoms with E-state index in [4.69, 9.17) is 14.2 Å². The summed E-state index contributed by atoms with van der Waals surface area (Å²) in [6.07, 6.45) is 2.52. The molecule has 0 bridgehead atoms. The molecule has 7 heteroatoms. The number of methoxy groups -OCH3 is 2. The van der Waals surface area contributed by atoms with Gasteiger partial charge in [0.05, 0.1) is 14.2 Å². The van der Waals surface area contributed by atoms with Gasteiger partial charge in [0.1, 0.15) is 17.2 Å². The summed E-state index contributed by atoms with van der Waals surface area (Å²) in [5, 5.41) is 3.32. The van der Waals surface area contributed by atoms with Crippen molar-refractivity contribution < 1.29 is 19.0 Å². The van der Waals surface area contributed by atoms with Gasteiger partial charge in [0.2, 0.25) is 0 Å². The molecule has 2 aromatic carbocycles. The minimum absolute atomic E-state index is 0.0836. The van der Waals surface area contributed by atoms with Crippen LogP contribution >= 0.6 is 11.3 Å². The predicted molar refractivity (Wildman–Crippen MR) is 105 cm³/mol. The van der Waals surface area contributed by atoms with Crippen molar-refractivity contribution in [2.45, 2.75) is 6.42 Å². The fraction of sp³-hybridized carbons (Fsp3) is 0.200. The SMILES string of the molecule is COc1ccc(Cc2cnc(NC(=O)COc3ccc(OC)cc3)s2)cc1. The molecule has 0 aliphatic rings. The minimum Gasteiger partial charge on any atom is -0.497 e. The van der Waals surface area contributed by atoms with E-state index < -0.39 is 0 Å². The molecule has 1 amide bonds. The minimum atomic E-state index is -0.254. The first kappa shape index (κ1) is 18.7. The Hall–Kier alpha value is -3.06. The van der Waals surface area contributed by atoms with Gasteiger partial charge in [-0.2, -0.15) is 0 Å². The zero-order valence-electron chi connectivity index (χ0n) is 15.1. The van der Waals surface area contributed by atoms with Crippen LogP contribution in [-0.2, 0) is 11.2 Å². The van der Waals surface area contributed by atoms with Crippen LogP contribution in [0.25, 0.3) is 0 Å². The van der Waals surface area contributed by atoms with E-state index >= 15 is 0 Å². The molecule has 0 spiro atoms. The number of aromatic nitrogens is 1. The Morgan fingerprint density at radius 2 is 1.56 bits per heavy atom. The van der Waals surface area contributed by atoms with Gasteiger partial charge in [-0.25, -0.2) is 4.98 Å². The summed E-state index contributed by atoms with van der Waals surface area (Å²) in [5.74, 6) is 1.91. The number of hydrogen-bond acceptors (Lipinski definition) is 6. The fourth-order valence-electron chi connectivity index (χ4n) is 2.37. The van der Waals surface area contributed by atoms with Crippen molar-refractivity contribution >= 4 is 22.4 Å². The van der Waals surface area contributed by atoms with Gasteiger partial charge in [0.15, 0.2) is 11.7 Å². The first-order chi connectivity index (χ1) is 13.2. The van der Waals surface area contributed by atoms with E-state index in [2.05, 4.69) is 10.3 Å². The number of benzene rings is 2. The number of carbonyl (C=O) groups is 1. The highest BCUT2D eigenvalue weighted by Crippen LogP contribution is 2.22. The number of thiazole rings is 1. The number of amides is 1. The van der Waals surface area contributed by atoms with Gasteiger partial charge in [0, 0.05) is 17.5 Å². The fourth-order valence-corrected chi connectivity index (χ4v) is 3.23. The molecule has 0 aliphatic carbocycles. The Balaban J connectivity index is 1.49. The Morgan fingerprint density at radius 1 is 0.963 bits per heavy atom. The average Bonchev–Trinajstić information content (AvgIpc) is 3.14. The van der Waals surface area contributed by atoms with Gasteiger partial charge in [0.25, 0.3) is 5.91 Å². The Labute approximate surface area is 161 Å². The van der Waals surface area contributed by atoms with Gasteiger partial charge in [-0.15, -0.1) is 11.3 Å². The zero-order chi connectivity index (χ0) is 19.1. The highest BCUT2D eigenvalue weighted by atomic mass is 32.1. The van der Waals surface area contributed by atoms with Gasteiger partial charge < -0.3 is 14.2 Å².